The van der Waals surface area contributed by atoms with Crippen molar-refractivity contribution in [3.63, 3.8) is 0 Å². The van der Waals surface area contributed by atoms with Gasteiger partial charge >= 0.3 is 0 Å². The first-order valence-corrected chi connectivity index (χ1v) is 6.80. The molecule has 0 bridgehead atoms. The van der Waals surface area contributed by atoms with E-state index in [9.17, 15) is 4.79 Å². The number of anilines is 1. The summed E-state index contributed by atoms with van der Waals surface area (Å²) in [4.78, 5) is 14.2. The molecule has 1 amide bonds. The third-order valence-electron chi connectivity index (χ3n) is 3.06. The Morgan fingerprint density at radius 1 is 1.35 bits per heavy atom. The lowest BCUT2D eigenvalue weighted by Crippen LogP contribution is -2.46. The summed E-state index contributed by atoms with van der Waals surface area (Å²) in [7, 11) is 0. The van der Waals surface area contributed by atoms with Gasteiger partial charge in [-0.1, -0.05) is 18.2 Å². The molecule has 2 rings (SSSR count). The minimum absolute atomic E-state index is 0. The summed E-state index contributed by atoms with van der Waals surface area (Å²) in [5, 5.41) is 6.40. The van der Waals surface area contributed by atoms with Crippen molar-refractivity contribution in [1.82, 2.24) is 10.6 Å². The van der Waals surface area contributed by atoms with Crippen molar-refractivity contribution in [3.05, 3.63) is 29.8 Å². The van der Waals surface area contributed by atoms with E-state index in [2.05, 4.69) is 27.7 Å². The van der Waals surface area contributed by atoms with Gasteiger partial charge in [-0.15, -0.1) is 12.4 Å². The van der Waals surface area contributed by atoms with Crippen molar-refractivity contribution in [2.24, 2.45) is 0 Å². The van der Waals surface area contributed by atoms with Crippen LogP contribution in [0, 0.1) is 0 Å². The topological polar surface area (TPSA) is 44.4 Å². The van der Waals surface area contributed by atoms with Crippen molar-refractivity contribution in [3.8, 4) is 0 Å². The lowest BCUT2D eigenvalue weighted by Gasteiger charge is -2.27. The van der Waals surface area contributed by atoms with Gasteiger partial charge in [0.25, 0.3) is 0 Å². The minimum Gasteiger partial charge on any atom is -0.361 e. The van der Waals surface area contributed by atoms with Gasteiger partial charge in [0.2, 0.25) is 5.91 Å². The van der Waals surface area contributed by atoms with Crippen LogP contribution in [0.5, 0.6) is 0 Å². The standard InChI is InChI=1S/C15H23N3O.ClH/c1-15(2,3)17-14(19)11-18-9-8-16-10-12-6-4-5-7-13(12)18;/h4-7,16H,8-11H2,1-3H3,(H,17,19);1H. The van der Waals surface area contributed by atoms with E-state index in [1.807, 2.05) is 32.9 Å². The van der Waals surface area contributed by atoms with Crippen LogP contribution in [0.15, 0.2) is 24.3 Å². The number of amides is 1. The monoisotopic (exact) mass is 297 g/mol. The summed E-state index contributed by atoms with van der Waals surface area (Å²) in [5.41, 5.74) is 2.24. The van der Waals surface area contributed by atoms with Crippen molar-refractivity contribution in [2.75, 3.05) is 24.5 Å². The van der Waals surface area contributed by atoms with Crippen molar-refractivity contribution < 1.29 is 4.79 Å². The zero-order valence-electron chi connectivity index (χ0n) is 12.4. The molecule has 0 unspecified atom stereocenters. The molecule has 2 N–H and O–H groups in total. The molecular weight excluding hydrogens is 274 g/mol. The lowest BCUT2D eigenvalue weighted by molar-refractivity contribution is -0.121. The molecule has 1 aliphatic rings. The van der Waals surface area contributed by atoms with Crippen LogP contribution in [0.25, 0.3) is 0 Å². The first-order chi connectivity index (χ1) is 8.96. The number of benzene rings is 1. The predicted octanol–water partition coefficient (Wildman–Crippen LogP) is 1.93. The molecule has 1 aromatic rings. The summed E-state index contributed by atoms with van der Waals surface area (Å²) < 4.78 is 0. The zero-order chi connectivity index (χ0) is 13.9. The van der Waals surface area contributed by atoms with Gasteiger partial charge in [0.1, 0.15) is 0 Å². The molecule has 1 aliphatic heterocycles. The van der Waals surface area contributed by atoms with E-state index in [1.54, 1.807) is 0 Å². The van der Waals surface area contributed by atoms with Gasteiger partial charge in [0.05, 0.1) is 6.54 Å². The van der Waals surface area contributed by atoms with E-state index in [-0.39, 0.29) is 23.9 Å². The number of rotatable bonds is 2. The van der Waals surface area contributed by atoms with Crippen LogP contribution in [0.2, 0.25) is 0 Å². The molecule has 0 saturated carbocycles. The molecule has 1 aromatic carbocycles. The van der Waals surface area contributed by atoms with Gasteiger partial charge in [-0.05, 0) is 32.4 Å². The molecule has 0 saturated heterocycles. The Bertz CT molecular complexity index is 457. The maximum absolute atomic E-state index is 12.1. The number of halogens is 1. The summed E-state index contributed by atoms with van der Waals surface area (Å²) in [5.74, 6) is 0.0733. The molecular formula is C15H24ClN3O. The molecule has 4 nitrogen and oxygen atoms in total. The van der Waals surface area contributed by atoms with Crippen LogP contribution in [0.1, 0.15) is 26.3 Å². The molecule has 20 heavy (non-hydrogen) atoms. The van der Waals surface area contributed by atoms with Crippen LogP contribution < -0.4 is 15.5 Å². The average Bonchev–Trinajstić information content (AvgIpc) is 2.50. The van der Waals surface area contributed by atoms with Crippen LogP contribution in [0.4, 0.5) is 5.69 Å². The summed E-state index contributed by atoms with van der Waals surface area (Å²) in [6, 6.07) is 8.27. The van der Waals surface area contributed by atoms with E-state index >= 15 is 0 Å². The molecule has 0 fully saturated rings. The van der Waals surface area contributed by atoms with Gasteiger partial charge in [-0.2, -0.15) is 0 Å². The number of nitrogens with one attached hydrogen (secondary N) is 2. The maximum Gasteiger partial charge on any atom is 0.239 e. The third-order valence-corrected chi connectivity index (χ3v) is 3.06. The van der Waals surface area contributed by atoms with E-state index in [0.717, 1.165) is 25.3 Å². The summed E-state index contributed by atoms with van der Waals surface area (Å²) in [6.07, 6.45) is 0. The van der Waals surface area contributed by atoms with Crippen molar-refractivity contribution >= 4 is 24.0 Å². The molecule has 1 heterocycles. The van der Waals surface area contributed by atoms with Gasteiger partial charge < -0.3 is 15.5 Å². The van der Waals surface area contributed by atoms with E-state index in [0.29, 0.717) is 6.54 Å². The molecule has 0 radical (unpaired) electrons. The normalized spacial score (nSPS) is 14.8. The molecule has 0 aliphatic carbocycles. The number of para-hydroxylation sites is 1. The van der Waals surface area contributed by atoms with Gasteiger partial charge in [0, 0.05) is 30.9 Å². The Hall–Kier alpha value is -1.26. The van der Waals surface area contributed by atoms with Gasteiger partial charge in [-0.25, -0.2) is 0 Å². The summed E-state index contributed by atoms with van der Waals surface area (Å²) >= 11 is 0. The first-order valence-electron chi connectivity index (χ1n) is 6.80. The minimum atomic E-state index is -0.180. The zero-order valence-corrected chi connectivity index (χ0v) is 13.2. The Balaban J connectivity index is 0.00000200. The highest BCUT2D eigenvalue weighted by Gasteiger charge is 2.19. The Kier molecular flexibility index (Phi) is 5.84. The predicted molar refractivity (Wildman–Crippen MR) is 85.5 cm³/mol. The van der Waals surface area contributed by atoms with Gasteiger partial charge in [0.15, 0.2) is 0 Å². The van der Waals surface area contributed by atoms with Gasteiger partial charge in [-0.3, -0.25) is 4.79 Å². The fourth-order valence-corrected chi connectivity index (χ4v) is 2.32. The van der Waals surface area contributed by atoms with E-state index in [1.165, 1.54) is 5.56 Å². The fraction of sp³-hybridized carbons (Fsp3) is 0.533. The number of nitrogens with zero attached hydrogens (tertiary/aromatic N) is 1. The Morgan fingerprint density at radius 2 is 2.05 bits per heavy atom. The van der Waals surface area contributed by atoms with Crippen LogP contribution in [-0.4, -0.2) is 31.1 Å². The average molecular weight is 298 g/mol. The second kappa shape index (κ2) is 6.95. The van der Waals surface area contributed by atoms with E-state index in [4.69, 9.17) is 0 Å². The quantitative estimate of drug-likeness (QED) is 0.877. The fourth-order valence-electron chi connectivity index (χ4n) is 2.32. The molecule has 112 valence electrons. The number of carbonyl (C=O) groups is 1. The van der Waals surface area contributed by atoms with Crippen LogP contribution in [0.3, 0.4) is 0 Å². The Morgan fingerprint density at radius 3 is 2.75 bits per heavy atom. The number of hydrogen-bond donors (Lipinski definition) is 2. The lowest BCUT2D eigenvalue weighted by atomic mass is 10.1. The molecule has 5 heteroatoms. The van der Waals surface area contributed by atoms with Crippen LogP contribution >= 0.6 is 12.4 Å². The van der Waals surface area contributed by atoms with Crippen molar-refractivity contribution in [2.45, 2.75) is 32.9 Å². The molecule has 0 atom stereocenters. The molecule has 0 aromatic heterocycles. The van der Waals surface area contributed by atoms with Crippen molar-refractivity contribution in [1.29, 1.82) is 0 Å². The van der Waals surface area contributed by atoms with E-state index < -0.39 is 0 Å². The number of hydrogen-bond acceptors (Lipinski definition) is 3. The van der Waals surface area contributed by atoms with Crippen LogP contribution in [-0.2, 0) is 11.3 Å². The second-order valence-corrected chi connectivity index (χ2v) is 6.03. The molecule has 0 spiro atoms. The maximum atomic E-state index is 12.1. The largest absolute Gasteiger partial charge is 0.361 e. The first kappa shape index (κ1) is 16.8. The number of carbonyl (C=O) groups excluding carboxylic acids is 1. The SMILES string of the molecule is CC(C)(C)NC(=O)CN1CCNCc2ccccc21.Cl. The highest BCUT2D eigenvalue weighted by atomic mass is 35.5. The Labute approximate surface area is 127 Å². The third kappa shape index (κ3) is 4.69. The highest BCUT2D eigenvalue weighted by molar-refractivity contribution is 5.85. The number of fused-ring (bicyclic) bond motifs is 1. The second-order valence-electron chi connectivity index (χ2n) is 6.03. The smallest absolute Gasteiger partial charge is 0.239 e. The summed E-state index contributed by atoms with van der Waals surface area (Å²) in [6.45, 7) is 9.05. The highest BCUT2D eigenvalue weighted by Crippen LogP contribution is 2.21.